The number of fused-ring (bicyclic) bond motifs is 4. The van der Waals surface area contributed by atoms with Gasteiger partial charge in [-0.15, -0.1) is 0 Å². The number of amides is 2. The number of pyridine rings is 1. The minimum atomic E-state index is -0.214. The quantitative estimate of drug-likeness (QED) is 0.510. The van der Waals surface area contributed by atoms with Crippen molar-refractivity contribution in [3.63, 3.8) is 0 Å². The summed E-state index contributed by atoms with van der Waals surface area (Å²) in [7, 11) is 0. The Morgan fingerprint density at radius 3 is 2.29 bits per heavy atom. The summed E-state index contributed by atoms with van der Waals surface area (Å²) < 4.78 is 2.23. The van der Waals surface area contributed by atoms with Gasteiger partial charge in [-0.2, -0.15) is 4.57 Å². The summed E-state index contributed by atoms with van der Waals surface area (Å²) >= 11 is 0. The van der Waals surface area contributed by atoms with E-state index in [0.717, 1.165) is 11.3 Å². The number of imide groups is 1. The van der Waals surface area contributed by atoms with Crippen LogP contribution in [0.5, 0.6) is 0 Å². The Morgan fingerprint density at radius 2 is 1.61 bits per heavy atom. The van der Waals surface area contributed by atoms with Crippen molar-refractivity contribution in [3.05, 3.63) is 94.3 Å². The second-order valence-corrected chi connectivity index (χ2v) is 8.18. The molecule has 0 radical (unpaired) electrons. The van der Waals surface area contributed by atoms with Crippen molar-refractivity contribution in [3.8, 4) is 5.69 Å². The van der Waals surface area contributed by atoms with E-state index in [2.05, 4.69) is 55.8 Å². The molecular weight excluding hydrogens is 348 g/mol. The maximum absolute atomic E-state index is 12.7. The molecule has 2 aliphatic heterocycles. The number of nitrogens with zero attached hydrogens (tertiary/aromatic N) is 2. The first-order valence-corrected chi connectivity index (χ1v) is 9.50. The summed E-state index contributed by atoms with van der Waals surface area (Å²) in [6, 6.07) is 17.6. The third-order valence-electron chi connectivity index (χ3n) is 5.96. The van der Waals surface area contributed by atoms with Crippen molar-refractivity contribution in [2.45, 2.75) is 32.7 Å². The average molecular weight is 369 g/mol. The number of carbonyl (C=O) groups excluding carboxylic acids is 2. The van der Waals surface area contributed by atoms with Crippen molar-refractivity contribution < 1.29 is 14.2 Å². The molecule has 2 amide bonds. The van der Waals surface area contributed by atoms with E-state index in [1.807, 2.05) is 6.07 Å². The van der Waals surface area contributed by atoms with Crippen LogP contribution in [-0.2, 0) is 12.0 Å². The van der Waals surface area contributed by atoms with Gasteiger partial charge in [-0.05, 0) is 50.1 Å². The Kier molecular flexibility index (Phi) is 3.38. The molecule has 0 bridgehead atoms. The van der Waals surface area contributed by atoms with Crippen LogP contribution < -0.4 is 4.57 Å². The molecule has 0 spiro atoms. The number of aryl methyl sites for hydroxylation is 1. The summed E-state index contributed by atoms with van der Waals surface area (Å²) in [6.07, 6.45) is 2.11. The van der Waals surface area contributed by atoms with Crippen LogP contribution in [0.2, 0.25) is 0 Å². The van der Waals surface area contributed by atoms with E-state index in [1.54, 1.807) is 24.3 Å². The molecule has 28 heavy (non-hydrogen) atoms. The Bertz CT molecular complexity index is 1140. The zero-order chi connectivity index (χ0) is 19.6. The van der Waals surface area contributed by atoms with Crippen molar-refractivity contribution >= 4 is 11.8 Å². The molecule has 2 aromatic carbocycles. The molecule has 0 saturated heterocycles. The lowest BCUT2D eigenvalue weighted by Gasteiger charge is -2.17. The summed E-state index contributed by atoms with van der Waals surface area (Å²) in [5.41, 5.74) is 6.67. The van der Waals surface area contributed by atoms with E-state index in [4.69, 9.17) is 0 Å². The van der Waals surface area contributed by atoms with E-state index >= 15 is 0 Å². The predicted molar refractivity (Wildman–Crippen MR) is 105 cm³/mol. The predicted octanol–water partition coefficient (Wildman–Crippen LogP) is 3.71. The largest absolute Gasteiger partial charge is 0.270 e. The topological polar surface area (TPSA) is 41.3 Å². The van der Waals surface area contributed by atoms with Crippen LogP contribution in [0.15, 0.2) is 60.8 Å². The van der Waals surface area contributed by atoms with Crippen LogP contribution in [-0.4, -0.2) is 16.7 Å². The summed E-state index contributed by atoms with van der Waals surface area (Å²) in [4.78, 5) is 26.7. The van der Waals surface area contributed by atoms with Crippen molar-refractivity contribution in [1.82, 2.24) is 4.90 Å². The highest BCUT2D eigenvalue weighted by Gasteiger charge is 2.44. The number of rotatable bonds is 2. The fraction of sp³-hybridized carbons (Fsp3) is 0.208. The van der Waals surface area contributed by atoms with Gasteiger partial charge in [0.05, 0.1) is 23.1 Å². The number of benzene rings is 2. The van der Waals surface area contributed by atoms with E-state index in [-0.39, 0.29) is 23.8 Å². The van der Waals surface area contributed by atoms with Gasteiger partial charge in [-0.3, -0.25) is 14.5 Å². The van der Waals surface area contributed by atoms with Crippen molar-refractivity contribution in [2.24, 2.45) is 0 Å². The Labute approximate surface area is 164 Å². The van der Waals surface area contributed by atoms with Gasteiger partial charge < -0.3 is 0 Å². The molecular formula is C24H21N2O2+. The molecule has 0 fully saturated rings. The Hall–Kier alpha value is -3.27. The van der Waals surface area contributed by atoms with Crippen LogP contribution in [0, 0.1) is 6.92 Å². The molecule has 2 aliphatic rings. The number of carbonyl (C=O) groups is 2. The maximum atomic E-state index is 12.7. The zero-order valence-corrected chi connectivity index (χ0v) is 16.2. The third kappa shape index (κ3) is 2.21. The van der Waals surface area contributed by atoms with Gasteiger partial charge >= 0.3 is 0 Å². The van der Waals surface area contributed by atoms with Gasteiger partial charge in [-0.1, -0.05) is 18.2 Å². The van der Waals surface area contributed by atoms with Gasteiger partial charge in [-0.25, -0.2) is 0 Å². The van der Waals surface area contributed by atoms with Crippen molar-refractivity contribution in [2.75, 3.05) is 0 Å². The van der Waals surface area contributed by atoms with Gasteiger partial charge in [0.25, 0.3) is 11.8 Å². The fourth-order valence-electron chi connectivity index (χ4n) is 4.39. The standard InChI is InChI=1S/C24H21N2O2/c1-15-10-11-25-20-9-8-16(13-19(20)24(2,3)21(25)12-15)14-26-22(27)17-6-4-5-7-18(17)23(26)28/h4-13H,14H2,1-3H3/q+1. The highest BCUT2D eigenvalue weighted by molar-refractivity contribution is 6.21. The number of aromatic nitrogens is 1. The lowest BCUT2D eigenvalue weighted by atomic mass is 9.82. The molecule has 138 valence electrons. The highest BCUT2D eigenvalue weighted by Crippen LogP contribution is 2.38. The Morgan fingerprint density at radius 1 is 0.929 bits per heavy atom. The molecule has 0 saturated carbocycles. The normalized spacial score (nSPS) is 16.2. The van der Waals surface area contributed by atoms with Gasteiger partial charge in [0.1, 0.15) is 0 Å². The van der Waals surface area contributed by atoms with Crippen LogP contribution in [0.1, 0.15) is 56.9 Å². The van der Waals surface area contributed by atoms with Crippen molar-refractivity contribution in [1.29, 1.82) is 0 Å². The molecule has 0 unspecified atom stereocenters. The SMILES string of the molecule is Cc1cc[n+]2c(c1)C(C)(C)c1cc(CN3C(=O)c4ccccc4C3=O)ccc1-2. The average Bonchev–Trinajstić information content (AvgIpc) is 3.06. The molecule has 3 aromatic rings. The lowest BCUT2D eigenvalue weighted by Crippen LogP contribution is -2.34. The minimum absolute atomic E-state index is 0.140. The number of hydrogen-bond acceptors (Lipinski definition) is 2. The van der Waals surface area contributed by atoms with E-state index in [9.17, 15) is 9.59 Å². The number of hydrogen-bond donors (Lipinski definition) is 0. The highest BCUT2D eigenvalue weighted by atomic mass is 16.2. The van der Waals surface area contributed by atoms with Crippen LogP contribution in [0.3, 0.4) is 0 Å². The van der Waals surface area contributed by atoms with Gasteiger partial charge in [0, 0.05) is 23.8 Å². The molecule has 0 aliphatic carbocycles. The summed E-state index contributed by atoms with van der Waals surface area (Å²) in [6.45, 7) is 6.83. The first-order valence-electron chi connectivity index (χ1n) is 9.50. The molecule has 3 heterocycles. The van der Waals surface area contributed by atoms with E-state index < -0.39 is 0 Å². The second-order valence-electron chi connectivity index (χ2n) is 8.18. The molecule has 1 aromatic heterocycles. The fourth-order valence-corrected chi connectivity index (χ4v) is 4.39. The molecule has 0 atom stereocenters. The van der Waals surface area contributed by atoms with E-state index in [1.165, 1.54) is 21.7 Å². The first kappa shape index (κ1) is 16.9. The van der Waals surface area contributed by atoms with Crippen LogP contribution >= 0.6 is 0 Å². The molecule has 4 nitrogen and oxygen atoms in total. The third-order valence-corrected chi connectivity index (χ3v) is 5.96. The summed E-state index contributed by atoms with van der Waals surface area (Å²) in [5, 5.41) is 0. The van der Waals surface area contributed by atoms with Crippen LogP contribution in [0.25, 0.3) is 5.69 Å². The van der Waals surface area contributed by atoms with E-state index in [0.29, 0.717) is 11.1 Å². The van der Waals surface area contributed by atoms with Gasteiger partial charge in [0.15, 0.2) is 11.9 Å². The zero-order valence-electron chi connectivity index (χ0n) is 16.2. The van der Waals surface area contributed by atoms with Crippen LogP contribution in [0.4, 0.5) is 0 Å². The molecule has 5 rings (SSSR count). The Balaban J connectivity index is 1.52. The monoisotopic (exact) mass is 369 g/mol. The van der Waals surface area contributed by atoms with Gasteiger partial charge in [0.2, 0.25) is 5.69 Å². The molecule has 0 N–H and O–H groups in total. The lowest BCUT2D eigenvalue weighted by molar-refractivity contribution is -0.599. The minimum Gasteiger partial charge on any atom is -0.270 e. The molecule has 4 heteroatoms. The maximum Gasteiger partial charge on any atom is 0.261 e. The summed E-state index contributed by atoms with van der Waals surface area (Å²) in [5.74, 6) is -0.428. The second kappa shape index (κ2) is 5.61. The first-order chi connectivity index (χ1) is 13.4. The smallest absolute Gasteiger partial charge is 0.261 e.